The molecule has 1 saturated heterocycles. The maximum absolute atomic E-state index is 13.1. The Morgan fingerprint density at radius 2 is 1.95 bits per heavy atom. The second kappa shape index (κ2) is 5.57. The maximum atomic E-state index is 13.1. The van der Waals surface area contributed by atoms with Crippen LogP contribution in [0.1, 0.15) is 30.9 Å². The predicted molar refractivity (Wildman–Crippen MR) is 72.8 cm³/mol. The number of anilines is 1. The molecule has 1 fully saturated rings. The fourth-order valence-corrected chi connectivity index (χ4v) is 2.55. The smallest absolute Gasteiger partial charge is 0.396 e. The van der Waals surface area contributed by atoms with Gasteiger partial charge in [-0.2, -0.15) is 18.4 Å². The van der Waals surface area contributed by atoms with Gasteiger partial charge in [0.05, 0.1) is 22.9 Å². The molecule has 1 aliphatic heterocycles. The summed E-state index contributed by atoms with van der Waals surface area (Å²) in [7, 11) is 0. The second-order valence-corrected chi connectivity index (χ2v) is 5.80. The Labute approximate surface area is 121 Å². The highest BCUT2D eigenvalue weighted by Gasteiger charge is 2.37. The predicted octanol–water partition coefficient (Wildman–Crippen LogP) is 3.18. The summed E-state index contributed by atoms with van der Waals surface area (Å²) in [6.45, 7) is 2.84. The van der Waals surface area contributed by atoms with Crippen LogP contribution >= 0.6 is 0 Å². The van der Waals surface area contributed by atoms with Gasteiger partial charge in [-0.25, -0.2) is 0 Å². The number of benzene rings is 1. The minimum atomic E-state index is -4.44. The van der Waals surface area contributed by atoms with Gasteiger partial charge in [0.1, 0.15) is 0 Å². The molecule has 0 amide bonds. The van der Waals surface area contributed by atoms with Gasteiger partial charge in [-0.15, -0.1) is 0 Å². The van der Waals surface area contributed by atoms with Crippen LogP contribution < -0.4 is 4.90 Å². The lowest BCUT2D eigenvalue weighted by Crippen LogP contribution is -2.41. The number of aliphatic hydroxyl groups excluding tert-OH is 1. The van der Waals surface area contributed by atoms with E-state index in [1.165, 1.54) is 12.1 Å². The molecule has 0 saturated carbocycles. The van der Waals surface area contributed by atoms with E-state index in [0.29, 0.717) is 25.9 Å². The molecule has 1 aromatic carbocycles. The zero-order chi connectivity index (χ0) is 15.7. The first kappa shape index (κ1) is 15.6. The first-order chi connectivity index (χ1) is 9.79. The number of piperidine rings is 1. The molecule has 0 aromatic heterocycles. The lowest BCUT2D eigenvalue weighted by atomic mass is 9.81. The molecule has 0 aliphatic carbocycles. The lowest BCUT2D eigenvalue weighted by molar-refractivity contribution is -0.137. The largest absolute Gasteiger partial charge is 0.418 e. The number of aliphatic hydroxyl groups is 1. The van der Waals surface area contributed by atoms with Crippen molar-refractivity contribution in [3.63, 3.8) is 0 Å². The van der Waals surface area contributed by atoms with E-state index in [-0.39, 0.29) is 23.3 Å². The Morgan fingerprint density at radius 3 is 2.43 bits per heavy atom. The van der Waals surface area contributed by atoms with Gasteiger partial charge in [-0.3, -0.25) is 0 Å². The molecule has 1 aliphatic rings. The highest BCUT2D eigenvalue weighted by atomic mass is 19.4. The molecule has 1 aromatic rings. The summed E-state index contributed by atoms with van der Waals surface area (Å²) in [5, 5.41) is 18.2. The SMILES string of the molecule is CC1(CO)CCN(c2cc(C#N)ccc2C(F)(F)F)CC1. The third-order valence-electron chi connectivity index (χ3n) is 4.13. The van der Waals surface area contributed by atoms with Crippen LogP contribution in [0.15, 0.2) is 18.2 Å². The van der Waals surface area contributed by atoms with E-state index in [9.17, 15) is 18.3 Å². The van der Waals surface area contributed by atoms with Crippen molar-refractivity contribution in [2.45, 2.75) is 25.9 Å². The van der Waals surface area contributed by atoms with Gasteiger partial charge in [0.15, 0.2) is 0 Å². The van der Waals surface area contributed by atoms with Crippen molar-refractivity contribution in [1.29, 1.82) is 5.26 Å². The molecule has 0 radical (unpaired) electrons. The average molecular weight is 298 g/mol. The minimum absolute atomic E-state index is 0.0329. The third-order valence-corrected chi connectivity index (χ3v) is 4.13. The molecule has 1 N–H and O–H groups in total. The summed E-state index contributed by atoms with van der Waals surface area (Å²) in [5.41, 5.74) is -0.675. The van der Waals surface area contributed by atoms with Crippen LogP contribution in [0.5, 0.6) is 0 Å². The van der Waals surface area contributed by atoms with E-state index < -0.39 is 11.7 Å². The summed E-state index contributed by atoms with van der Waals surface area (Å²) < 4.78 is 39.3. The van der Waals surface area contributed by atoms with Crippen molar-refractivity contribution in [3.8, 4) is 6.07 Å². The van der Waals surface area contributed by atoms with E-state index in [0.717, 1.165) is 6.07 Å². The zero-order valence-electron chi connectivity index (χ0n) is 11.7. The van der Waals surface area contributed by atoms with Gasteiger partial charge >= 0.3 is 6.18 Å². The first-order valence-corrected chi connectivity index (χ1v) is 6.76. The third kappa shape index (κ3) is 3.30. The monoisotopic (exact) mass is 298 g/mol. The van der Waals surface area contributed by atoms with Crippen molar-refractivity contribution < 1.29 is 18.3 Å². The Kier molecular flexibility index (Phi) is 4.15. The number of nitrogens with zero attached hydrogens (tertiary/aromatic N) is 2. The fourth-order valence-electron chi connectivity index (χ4n) is 2.55. The first-order valence-electron chi connectivity index (χ1n) is 6.76. The van der Waals surface area contributed by atoms with Crippen LogP contribution in [0.2, 0.25) is 0 Å². The maximum Gasteiger partial charge on any atom is 0.418 e. The summed E-state index contributed by atoms with van der Waals surface area (Å²) >= 11 is 0. The summed E-state index contributed by atoms with van der Waals surface area (Å²) in [4.78, 5) is 1.65. The second-order valence-electron chi connectivity index (χ2n) is 5.80. The van der Waals surface area contributed by atoms with Crippen LogP contribution in [0.25, 0.3) is 0 Å². The molecular weight excluding hydrogens is 281 g/mol. The van der Waals surface area contributed by atoms with Crippen molar-refractivity contribution in [2.75, 3.05) is 24.6 Å². The van der Waals surface area contributed by atoms with E-state index in [1.807, 2.05) is 13.0 Å². The minimum Gasteiger partial charge on any atom is -0.396 e. The van der Waals surface area contributed by atoms with Gasteiger partial charge in [0, 0.05) is 19.7 Å². The quantitative estimate of drug-likeness (QED) is 0.912. The summed E-state index contributed by atoms with van der Waals surface area (Å²) in [6.07, 6.45) is -3.20. The van der Waals surface area contributed by atoms with Gasteiger partial charge in [0.25, 0.3) is 0 Å². The van der Waals surface area contributed by atoms with Crippen LogP contribution in [-0.2, 0) is 6.18 Å². The molecule has 21 heavy (non-hydrogen) atoms. The number of hydrogen-bond acceptors (Lipinski definition) is 3. The molecule has 1 heterocycles. The number of nitriles is 1. The standard InChI is InChI=1S/C15H17F3N2O/c1-14(10-21)4-6-20(7-5-14)13-8-11(9-19)2-3-12(13)15(16,17)18/h2-3,8,21H,4-7,10H2,1H3. The van der Waals surface area contributed by atoms with Crippen LogP contribution in [0.3, 0.4) is 0 Å². The zero-order valence-corrected chi connectivity index (χ0v) is 11.7. The Morgan fingerprint density at radius 1 is 1.33 bits per heavy atom. The van der Waals surface area contributed by atoms with Crippen molar-refractivity contribution in [3.05, 3.63) is 29.3 Å². The molecule has 0 unspecified atom stereocenters. The molecule has 114 valence electrons. The highest BCUT2D eigenvalue weighted by Crippen LogP contribution is 2.40. The fraction of sp³-hybridized carbons (Fsp3) is 0.533. The molecular formula is C15H17F3N2O. The average Bonchev–Trinajstić information content (AvgIpc) is 2.46. The lowest BCUT2D eigenvalue weighted by Gasteiger charge is -2.40. The molecule has 0 atom stereocenters. The van der Waals surface area contributed by atoms with Crippen molar-refractivity contribution >= 4 is 5.69 Å². The van der Waals surface area contributed by atoms with E-state index in [1.54, 1.807) is 4.90 Å². The molecule has 3 nitrogen and oxygen atoms in total. The molecule has 6 heteroatoms. The van der Waals surface area contributed by atoms with Crippen LogP contribution in [0.4, 0.5) is 18.9 Å². The number of hydrogen-bond donors (Lipinski definition) is 1. The van der Waals surface area contributed by atoms with E-state index >= 15 is 0 Å². The van der Waals surface area contributed by atoms with Crippen LogP contribution in [-0.4, -0.2) is 24.8 Å². The van der Waals surface area contributed by atoms with Gasteiger partial charge in [0.2, 0.25) is 0 Å². The molecule has 2 rings (SSSR count). The number of rotatable bonds is 2. The van der Waals surface area contributed by atoms with Crippen LogP contribution in [0, 0.1) is 16.7 Å². The topological polar surface area (TPSA) is 47.3 Å². The van der Waals surface area contributed by atoms with Gasteiger partial charge in [-0.1, -0.05) is 6.92 Å². The highest BCUT2D eigenvalue weighted by molar-refractivity contribution is 5.59. The Balaban J connectivity index is 2.33. The summed E-state index contributed by atoms with van der Waals surface area (Å²) in [6, 6.07) is 5.33. The number of alkyl halides is 3. The Bertz CT molecular complexity index is 555. The van der Waals surface area contributed by atoms with Gasteiger partial charge < -0.3 is 10.0 Å². The van der Waals surface area contributed by atoms with E-state index in [4.69, 9.17) is 5.26 Å². The normalized spacial score (nSPS) is 18.4. The molecule has 0 spiro atoms. The van der Waals surface area contributed by atoms with E-state index in [2.05, 4.69) is 0 Å². The van der Waals surface area contributed by atoms with Gasteiger partial charge in [-0.05, 0) is 36.5 Å². The summed E-state index contributed by atoms with van der Waals surface area (Å²) in [5.74, 6) is 0. The van der Waals surface area contributed by atoms with Crippen molar-refractivity contribution in [1.82, 2.24) is 0 Å². The van der Waals surface area contributed by atoms with Crippen molar-refractivity contribution in [2.24, 2.45) is 5.41 Å². The molecule has 0 bridgehead atoms. The Hall–Kier alpha value is -1.74. The number of halogens is 3.